The summed E-state index contributed by atoms with van der Waals surface area (Å²) in [4.78, 5) is 13.9. The Morgan fingerprint density at radius 1 is 1.20 bits per heavy atom. The summed E-state index contributed by atoms with van der Waals surface area (Å²) in [6.45, 7) is 2.70. The van der Waals surface area contributed by atoms with Crippen LogP contribution in [0.3, 0.4) is 0 Å². The van der Waals surface area contributed by atoms with E-state index in [0.717, 1.165) is 5.56 Å². The van der Waals surface area contributed by atoms with E-state index in [1.54, 1.807) is 19.1 Å². The van der Waals surface area contributed by atoms with Crippen LogP contribution in [0.4, 0.5) is 4.79 Å². The molecule has 2 aromatic carbocycles. The molecule has 2 rings (SSSR count). The molecule has 0 heterocycles. The van der Waals surface area contributed by atoms with E-state index >= 15 is 0 Å². The molecule has 2 aromatic rings. The molecule has 1 N–H and O–H groups in total. The minimum absolute atomic E-state index is 0.0890. The van der Waals surface area contributed by atoms with Gasteiger partial charge in [0, 0.05) is 12.1 Å². The standard InChI is InChI=1S/C19H23ClN2O3/c1-14(15-7-6-8-16(20)13-15)22(2)19(23)21-11-12-25-18-10-5-4-9-17(18)24-3/h4-10,13-14H,11-12H2,1-3H3,(H,21,23). The smallest absolute Gasteiger partial charge is 0.317 e. The lowest BCUT2D eigenvalue weighted by molar-refractivity contribution is 0.191. The third-order valence-corrected chi connectivity index (χ3v) is 4.17. The van der Waals surface area contributed by atoms with Crippen LogP contribution in [0.5, 0.6) is 11.5 Å². The van der Waals surface area contributed by atoms with E-state index in [1.165, 1.54) is 0 Å². The molecular formula is C19H23ClN2O3. The van der Waals surface area contributed by atoms with E-state index < -0.39 is 0 Å². The Labute approximate surface area is 153 Å². The van der Waals surface area contributed by atoms with Crippen molar-refractivity contribution in [3.8, 4) is 11.5 Å². The Kier molecular flexibility index (Phi) is 6.95. The number of amides is 2. The van der Waals surface area contributed by atoms with Crippen molar-refractivity contribution in [2.75, 3.05) is 27.3 Å². The van der Waals surface area contributed by atoms with E-state index in [0.29, 0.717) is 29.7 Å². The number of urea groups is 1. The molecule has 1 unspecified atom stereocenters. The van der Waals surface area contributed by atoms with Crippen LogP contribution < -0.4 is 14.8 Å². The van der Waals surface area contributed by atoms with Crippen LogP contribution in [0.25, 0.3) is 0 Å². The van der Waals surface area contributed by atoms with Crippen LogP contribution in [0.15, 0.2) is 48.5 Å². The molecule has 5 nitrogen and oxygen atoms in total. The predicted molar refractivity (Wildman–Crippen MR) is 99.5 cm³/mol. The molecule has 134 valence electrons. The number of carbonyl (C=O) groups is 1. The van der Waals surface area contributed by atoms with Gasteiger partial charge in [-0.1, -0.05) is 35.9 Å². The van der Waals surface area contributed by atoms with E-state index in [-0.39, 0.29) is 12.1 Å². The molecule has 0 bridgehead atoms. The van der Waals surface area contributed by atoms with E-state index in [4.69, 9.17) is 21.1 Å². The molecule has 0 aliphatic heterocycles. The Hall–Kier alpha value is -2.40. The van der Waals surface area contributed by atoms with Gasteiger partial charge in [-0.3, -0.25) is 0 Å². The van der Waals surface area contributed by atoms with E-state index in [2.05, 4.69) is 5.32 Å². The van der Waals surface area contributed by atoms with Gasteiger partial charge in [0.2, 0.25) is 0 Å². The first-order valence-corrected chi connectivity index (χ1v) is 8.42. The summed E-state index contributed by atoms with van der Waals surface area (Å²) in [5.74, 6) is 1.32. The van der Waals surface area contributed by atoms with Crippen molar-refractivity contribution in [1.82, 2.24) is 10.2 Å². The maximum Gasteiger partial charge on any atom is 0.317 e. The molecule has 0 saturated heterocycles. The zero-order chi connectivity index (χ0) is 18.2. The zero-order valence-electron chi connectivity index (χ0n) is 14.7. The number of halogens is 1. The highest BCUT2D eigenvalue weighted by Gasteiger charge is 2.17. The average Bonchev–Trinajstić information content (AvgIpc) is 2.64. The molecule has 25 heavy (non-hydrogen) atoms. The molecular weight excluding hydrogens is 340 g/mol. The predicted octanol–water partition coefficient (Wildman–Crippen LogP) is 4.13. The maximum atomic E-state index is 12.3. The molecule has 0 fully saturated rings. The minimum Gasteiger partial charge on any atom is -0.493 e. The average molecular weight is 363 g/mol. The summed E-state index contributed by atoms with van der Waals surface area (Å²) < 4.78 is 10.9. The number of rotatable bonds is 7. The van der Waals surface area contributed by atoms with Gasteiger partial charge in [0.1, 0.15) is 6.61 Å². The number of ether oxygens (including phenoxy) is 2. The summed E-state index contributed by atoms with van der Waals surface area (Å²) in [5, 5.41) is 3.50. The summed E-state index contributed by atoms with van der Waals surface area (Å²) >= 11 is 6.01. The normalized spacial score (nSPS) is 11.5. The fraction of sp³-hybridized carbons (Fsp3) is 0.316. The second-order valence-corrected chi connectivity index (χ2v) is 6.01. The van der Waals surface area contributed by atoms with Gasteiger partial charge in [0.15, 0.2) is 11.5 Å². The van der Waals surface area contributed by atoms with Crippen LogP contribution in [0.1, 0.15) is 18.5 Å². The number of hydrogen-bond donors (Lipinski definition) is 1. The molecule has 1 atom stereocenters. The highest BCUT2D eigenvalue weighted by Crippen LogP contribution is 2.25. The Bertz CT molecular complexity index is 709. The molecule has 0 spiro atoms. The van der Waals surface area contributed by atoms with Crippen molar-refractivity contribution in [3.05, 3.63) is 59.1 Å². The highest BCUT2D eigenvalue weighted by molar-refractivity contribution is 6.30. The lowest BCUT2D eigenvalue weighted by Crippen LogP contribution is -2.40. The van der Waals surface area contributed by atoms with Gasteiger partial charge in [-0.15, -0.1) is 0 Å². The van der Waals surface area contributed by atoms with Gasteiger partial charge in [-0.25, -0.2) is 4.79 Å². The highest BCUT2D eigenvalue weighted by atomic mass is 35.5. The second-order valence-electron chi connectivity index (χ2n) is 5.57. The van der Waals surface area contributed by atoms with E-state index in [9.17, 15) is 4.79 Å². The number of hydrogen-bond acceptors (Lipinski definition) is 3. The fourth-order valence-corrected chi connectivity index (χ4v) is 2.55. The van der Waals surface area contributed by atoms with Crippen molar-refractivity contribution < 1.29 is 14.3 Å². The lowest BCUT2D eigenvalue weighted by atomic mass is 10.1. The molecule has 0 radical (unpaired) electrons. The number of benzene rings is 2. The summed E-state index contributed by atoms with van der Waals surface area (Å²) in [6.07, 6.45) is 0. The van der Waals surface area contributed by atoms with Crippen LogP contribution in [-0.2, 0) is 0 Å². The zero-order valence-corrected chi connectivity index (χ0v) is 15.4. The first kappa shape index (κ1) is 18.9. The van der Waals surface area contributed by atoms with Gasteiger partial charge < -0.3 is 19.7 Å². The van der Waals surface area contributed by atoms with Crippen molar-refractivity contribution in [2.45, 2.75) is 13.0 Å². The Balaban J connectivity index is 1.81. The first-order chi connectivity index (χ1) is 12.0. The number of nitrogens with zero attached hydrogens (tertiary/aromatic N) is 1. The molecule has 2 amide bonds. The third-order valence-electron chi connectivity index (χ3n) is 3.94. The third kappa shape index (κ3) is 5.29. The monoisotopic (exact) mass is 362 g/mol. The van der Waals surface area contributed by atoms with Crippen LogP contribution >= 0.6 is 11.6 Å². The van der Waals surface area contributed by atoms with Crippen molar-refractivity contribution in [1.29, 1.82) is 0 Å². The van der Waals surface area contributed by atoms with Gasteiger partial charge in [-0.2, -0.15) is 0 Å². The molecule has 0 saturated carbocycles. The summed E-state index contributed by atoms with van der Waals surface area (Å²) in [5.41, 5.74) is 0.982. The number of methoxy groups -OCH3 is 1. The largest absolute Gasteiger partial charge is 0.493 e. The van der Waals surface area contributed by atoms with Crippen LogP contribution in [-0.4, -0.2) is 38.2 Å². The van der Waals surface area contributed by atoms with Gasteiger partial charge >= 0.3 is 6.03 Å². The van der Waals surface area contributed by atoms with Crippen molar-refractivity contribution in [3.63, 3.8) is 0 Å². The van der Waals surface area contributed by atoms with Gasteiger partial charge in [0.05, 0.1) is 19.7 Å². The van der Waals surface area contributed by atoms with Crippen molar-refractivity contribution in [2.24, 2.45) is 0 Å². The van der Waals surface area contributed by atoms with Gasteiger partial charge in [0.25, 0.3) is 0 Å². The van der Waals surface area contributed by atoms with Crippen LogP contribution in [0, 0.1) is 0 Å². The maximum absolute atomic E-state index is 12.3. The molecule has 6 heteroatoms. The molecule has 0 aliphatic carbocycles. The first-order valence-electron chi connectivity index (χ1n) is 8.05. The number of carbonyl (C=O) groups excluding carboxylic acids is 1. The summed E-state index contributed by atoms with van der Waals surface area (Å²) in [6, 6.07) is 14.6. The van der Waals surface area contributed by atoms with Gasteiger partial charge in [-0.05, 0) is 36.8 Å². The number of para-hydroxylation sites is 2. The Morgan fingerprint density at radius 3 is 2.60 bits per heavy atom. The second kappa shape index (κ2) is 9.18. The quantitative estimate of drug-likeness (QED) is 0.753. The van der Waals surface area contributed by atoms with Crippen molar-refractivity contribution >= 4 is 17.6 Å². The minimum atomic E-state index is -0.170. The fourth-order valence-electron chi connectivity index (χ4n) is 2.35. The van der Waals surface area contributed by atoms with Crippen LogP contribution in [0.2, 0.25) is 5.02 Å². The summed E-state index contributed by atoms with van der Waals surface area (Å²) in [7, 11) is 3.35. The topological polar surface area (TPSA) is 50.8 Å². The number of nitrogens with one attached hydrogen (secondary N) is 1. The molecule has 0 aliphatic rings. The Morgan fingerprint density at radius 2 is 1.92 bits per heavy atom. The van der Waals surface area contributed by atoms with E-state index in [1.807, 2.05) is 55.5 Å². The lowest BCUT2D eigenvalue weighted by Gasteiger charge is -2.25. The molecule has 0 aromatic heterocycles. The SMILES string of the molecule is COc1ccccc1OCCNC(=O)N(C)C(C)c1cccc(Cl)c1.